The summed E-state index contributed by atoms with van der Waals surface area (Å²) in [6.45, 7) is 16.9. The summed E-state index contributed by atoms with van der Waals surface area (Å²) in [5.74, 6) is -5.65. The van der Waals surface area contributed by atoms with Crippen molar-refractivity contribution in [2.45, 2.75) is 118 Å². The maximum absolute atomic E-state index is 14.0. The smallest absolute Gasteiger partial charge is 0.408 e. The fraction of sp³-hybridized carbons (Fsp3) is 0.667. The van der Waals surface area contributed by atoms with Crippen molar-refractivity contribution >= 4 is 29.7 Å². The summed E-state index contributed by atoms with van der Waals surface area (Å²) < 4.78 is 10.8. The summed E-state index contributed by atoms with van der Waals surface area (Å²) in [6, 6.07) is 4.35. The van der Waals surface area contributed by atoms with Crippen LogP contribution in [-0.2, 0) is 35.3 Å². The number of hydrogen-bond acceptors (Lipinski definition) is 9. The number of nitrogens with two attached hydrogens (primary N) is 1. The molecule has 1 aromatic carbocycles. The summed E-state index contributed by atoms with van der Waals surface area (Å²) in [5.41, 5.74) is 5.92. The van der Waals surface area contributed by atoms with Crippen LogP contribution in [0.4, 0.5) is 4.79 Å². The minimum atomic E-state index is -1.60. The van der Waals surface area contributed by atoms with E-state index in [1.807, 2.05) is 18.2 Å². The zero-order valence-electron chi connectivity index (χ0n) is 28.4. The molecule has 0 aliphatic rings. The number of amides is 3. The van der Waals surface area contributed by atoms with Crippen molar-refractivity contribution in [1.29, 1.82) is 0 Å². The minimum Gasteiger partial charge on any atom is -0.459 e. The summed E-state index contributed by atoms with van der Waals surface area (Å²) in [6.07, 6.45) is -2.15. The van der Waals surface area contributed by atoms with Gasteiger partial charge in [0.25, 0.3) is 0 Å². The van der Waals surface area contributed by atoms with Crippen molar-refractivity contribution in [2.75, 3.05) is 0 Å². The fourth-order valence-electron chi connectivity index (χ4n) is 4.60. The molecular weight excluding hydrogens is 580 g/mol. The Kier molecular flexibility index (Phi) is 15.7. The first-order valence-corrected chi connectivity index (χ1v) is 15.6. The molecule has 0 bridgehead atoms. The molecule has 254 valence electrons. The van der Waals surface area contributed by atoms with Crippen LogP contribution in [0, 0.1) is 23.7 Å². The zero-order chi connectivity index (χ0) is 34.6. The lowest BCUT2D eigenvalue weighted by atomic mass is 9.80. The highest BCUT2D eigenvalue weighted by atomic mass is 16.6. The van der Waals surface area contributed by atoms with Gasteiger partial charge in [-0.1, -0.05) is 78.8 Å². The van der Waals surface area contributed by atoms with E-state index in [9.17, 15) is 29.1 Å². The minimum absolute atomic E-state index is 0.0144. The molecule has 45 heavy (non-hydrogen) atoms. The number of nitrogens with one attached hydrogen (secondary N) is 3. The molecule has 0 saturated heterocycles. The number of Topliss-reactive ketones (excluding diaryl/α,β-unsaturated/α-hetero) is 1. The third-order valence-corrected chi connectivity index (χ3v) is 7.22. The molecule has 6 N–H and O–H groups in total. The number of carbonyl (C=O) groups is 5. The number of esters is 1. The number of alkyl carbamates (subject to hydrolysis) is 1. The maximum atomic E-state index is 14.0. The highest BCUT2D eigenvalue weighted by Crippen LogP contribution is 2.22. The second kappa shape index (κ2) is 17.8. The Labute approximate surface area is 267 Å². The molecule has 3 unspecified atom stereocenters. The van der Waals surface area contributed by atoms with Crippen molar-refractivity contribution in [3.8, 4) is 0 Å². The second-order valence-electron chi connectivity index (χ2n) is 13.4. The van der Waals surface area contributed by atoms with Crippen LogP contribution in [0.1, 0.15) is 81.2 Å². The van der Waals surface area contributed by atoms with E-state index < -0.39 is 89.2 Å². The van der Waals surface area contributed by atoms with Crippen molar-refractivity contribution in [2.24, 2.45) is 29.4 Å². The quantitative estimate of drug-likeness (QED) is 0.171. The number of benzene rings is 1. The number of ketones is 1. The normalized spacial score (nSPS) is 15.8. The number of aliphatic hydroxyl groups excluding tert-OH is 1. The van der Waals surface area contributed by atoms with E-state index in [4.69, 9.17) is 15.2 Å². The Morgan fingerprint density at radius 1 is 0.800 bits per heavy atom. The standard InChI is InChI=1S/C33H54N4O8/c1-11-22(34)27(38)28(39)23(18(2)3)26(36-29(40)24(19(4)5)37-32(43)45-33(8,9)10)30(41)35-25(20(6)7)31(42)44-17-21-15-13-12-14-16-21/h12-16,18-20,22-27,38H,11,17,34H2,1-10H3,(H,35,41)(H,36,40)(H,37,43)/t22?,23?,24-,25-,26+,27?/m0/s1. The SMILES string of the molecule is CCC(N)C(O)C(=O)C(C(C)C)[C@@H](NC(=O)[C@@H](NC(=O)OC(C)(C)C)C(C)C)C(=O)N[C@H](C(=O)OCc1ccccc1)C(C)C. The van der Waals surface area contributed by atoms with Gasteiger partial charge in [0.05, 0.1) is 5.92 Å². The van der Waals surface area contributed by atoms with E-state index in [2.05, 4.69) is 16.0 Å². The lowest BCUT2D eigenvalue weighted by molar-refractivity contribution is -0.151. The van der Waals surface area contributed by atoms with E-state index in [-0.39, 0.29) is 6.61 Å². The Hall–Kier alpha value is -3.51. The van der Waals surface area contributed by atoms with Crippen LogP contribution in [-0.4, -0.2) is 70.6 Å². The van der Waals surface area contributed by atoms with Gasteiger partial charge in [-0.05, 0) is 50.5 Å². The largest absolute Gasteiger partial charge is 0.459 e. The van der Waals surface area contributed by atoms with Gasteiger partial charge in [-0.3, -0.25) is 14.4 Å². The Bertz CT molecular complexity index is 1130. The third-order valence-electron chi connectivity index (χ3n) is 7.22. The van der Waals surface area contributed by atoms with Gasteiger partial charge in [0.1, 0.15) is 36.4 Å². The van der Waals surface area contributed by atoms with Gasteiger partial charge < -0.3 is 36.3 Å². The zero-order valence-corrected chi connectivity index (χ0v) is 28.4. The second-order valence-corrected chi connectivity index (χ2v) is 13.4. The van der Waals surface area contributed by atoms with E-state index in [1.54, 1.807) is 81.4 Å². The summed E-state index contributed by atoms with van der Waals surface area (Å²) in [7, 11) is 0. The molecule has 0 aliphatic carbocycles. The van der Waals surface area contributed by atoms with Crippen LogP contribution in [0.15, 0.2) is 30.3 Å². The molecule has 3 amide bonds. The summed E-state index contributed by atoms with van der Waals surface area (Å²) in [4.78, 5) is 67.0. The van der Waals surface area contributed by atoms with Crippen molar-refractivity contribution in [3.05, 3.63) is 35.9 Å². The van der Waals surface area contributed by atoms with E-state index in [0.717, 1.165) is 5.56 Å². The maximum Gasteiger partial charge on any atom is 0.408 e. The molecule has 6 atom stereocenters. The molecule has 0 radical (unpaired) electrons. The molecule has 0 spiro atoms. The van der Waals surface area contributed by atoms with Gasteiger partial charge in [-0.15, -0.1) is 0 Å². The van der Waals surface area contributed by atoms with Gasteiger partial charge in [-0.25, -0.2) is 9.59 Å². The Morgan fingerprint density at radius 3 is 1.78 bits per heavy atom. The van der Waals surface area contributed by atoms with Crippen molar-refractivity contribution < 1.29 is 38.6 Å². The molecule has 0 aromatic heterocycles. The monoisotopic (exact) mass is 634 g/mol. The molecule has 0 heterocycles. The molecule has 12 heteroatoms. The highest BCUT2D eigenvalue weighted by Gasteiger charge is 2.43. The molecular formula is C33H54N4O8. The molecule has 12 nitrogen and oxygen atoms in total. The van der Waals surface area contributed by atoms with Crippen LogP contribution in [0.2, 0.25) is 0 Å². The van der Waals surface area contributed by atoms with Crippen molar-refractivity contribution in [3.63, 3.8) is 0 Å². The average molecular weight is 635 g/mol. The number of hydrogen-bond donors (Lipinski definition) is 5. The van der Waals surface area contributed by atoms with Gasteiger partial charge in [-0.2, -0.15) is 0 Å². The topological polar surface area (TPSA) is 186 Å². The molecule has 0 saturated carbocycles. The van der Waals surface area contributed by atoms with Crippen LogP contribution >= 0.6 is 0 Å². The fourth-order valence-corrected chi connectivity index (χ4v) is 4.60. The Balaban J connectivity index is 3.44. The molecule has 0 aliphatic heterocycles. The number of aliphatic hydroxyl groups is 1. The predicted octanol–water partition coefficient (Wildman–Crippen LogP) is 2.84. The number of carbonyl (C=O) groups excluding carboxylic acids is 5. The van der Waals surface area contributed by atoms with E-state index in [1.165, 1.54) is 0 Å². The van der Waals surface area contributed by atoms with Gasteiger partial charge in [0.15, 0.2) is 5.78 Å². The van der Waals surface area contributed by atoms with Crippen LogP contribution in [0.5, 0.6) is 0 Å². The van der Waals surface area contributed by atoms with E-state index in [0.29, 0.717) is 6.42 Å². The first-order valence-electron chi connectivity index (χ1n) is 15.6. The molecule has 1 rings (SSSR count). The third kappa shape index (κ3) is 12.8. The first-order chi connectivity index (χ1) is 20.8. The van der Waals surface area contributed by atoms with Crippen LogP contribution in [0.3, 0.4) is 0 Å². The predicted molar refractivity (Wildman–Crippen MR) is 171 cm³/mol. The summed E-state index contributed by atoms with van der Waals surface area (Å²) in [5, 5.41) is 18.6. The summed E-state index contributed by atoms with van der Waals surface area (Å²) >= 11 is 0. The number of rotatable bonds is 16. The molecule has 0 fully saturated rings. The van der Waals surface area contributed by atoms with Crippen LogP contribution < -0.4 is 21.7 Å². The molecule has 1 aromatic rings. The van der Waals surface area contributed by atoms with Gasteiger partial charge in [0.2, 0.25) is 11.8 Å². The highest BCUT2D eigenvalue weighted by molar-refractivity contribution is 5.98. The van der Waals surface area contributed by atoms with Crippen LogP contribution in [0.25, 0.3) is 0 Å². The van der Waals surface area contributed by atoms with Crippen molar-refractivity contribution in [1.82, 2.24) is 16.0 Å². The van der Waals surface area contributed by atoms with Gasteiger partial charge in [0, 0.05) is 6.04 Å². The Morgan fingerprint density at radius 2 is 1.31 bits per heavy atom. The van der Waals surface area contributed by atoms with Gasteiger partial charge >= 0.3 is 12.1 Å². The lowest BCUT2D eigenvalue weighted by Gasteiger charge is -2.34. The average Bonchev–Trinajstić information content (AvgIpc) is 2.94. The lowest BCUT2D eigenvalue weighted by Crippen LogP contribution is -2.62. The van der Waals surface area contributed by atoms with E-state index >= 15 is 0 Å². The number of ether oxygens (including phenoxy) is 2. The first kappa shape index (κ1) is 39.5.